The minimum absolute atomic E-state index is 0.0191. The molecule has 0 radical (unpaired) electrons. The standard InChI is InChI=1S/C32H35N5O6S/c1-20-27(19-44-32-34-35-36-37(32)2)42-31(43-30(20)24-8-6-21(18-38)7-9-24)25-12-10-23(11-13-25)26-5-3-4-22(16-26)17-33-28(39)14-15-29(40)41/h3-13,16,20,27,30-31,38H,14-15,17-19H2,1-2H3,(H,33,39)(H,40,41). The van der Waals surface area contributed by atoms with Crippen LogP contribution in [-0.2, 0) is 39.3 Å². The summed E-state index contributed by atoms with van der Waals surface area (Å²) in [6, 6.07) is 23.7. The first-order chi connectivity index (χ1) is 21.3. The number of aliphatic hydroxyl groups excluding tert-OH is 1. The third-order valence-corrected chi connectivity index (χ3v) is 8.68. The van der Waals surface area contributed by atoms with E-state index in [0.29, 0.717) is 17.5 Å². The highest BCUT2D eigenvalue weighted by molar-refractivity contribution is 7.99. The van der Waals surface area contributed by atoms with Gasteiger partial charge in [-0.05, 0) is 44.3 Å². The van der Waals surface area contributed by atoms with E-state index in [4.69, 9.17) is 14.6 Å². The highest BCUT2D eigenvalue weighted by Crippen LogP contribution is 2.43. The van der Waals surface area contributed by atoms with Crippen molar-refractivity contribution in [2.24, 2.45) is 13.0 Å². The zero-order valence-electron chi connectivity index (χ0n) is 24.5. The molecular formula is C32H35N5O6S. The highest BCUT2D eigenvalue weighted by atomic mass is 32.2. The van der Waals surface area contributed by atoms with Gasteiger partial charge in [-0.25, -0.2) is 4.68 Å². The molecule has 0 saturated carbocycles. The maximum atomic E-state index is 11.9. The molecule has 3 N–H and O–H groups in total. The van der Waals surface area contributed by atoms with Crippen molar-refractivity contribution in [3.8, 4) is 11.1 Å². The molecule has 230 valence electrons. The number of carboxylic acid groups (broad SMARTS) is 1. The van der Waals surface area contributed by atoms with Gasteiger partial charge in [0.15, 0.2) is 6.29 Å². The fourth-order valence-electron chi connectivity index (χ4n) is 5.01. The Kier molecular flexibility index (Phi) is 10.4. The molecule has 0 spiro atoms. The van der Waals surface area contributed by atoms with Crippen LogP contribution in [0.15, 0.2) is 78.0 Å². The van der Waals surface area contributed by atoms with E-state index < -0.39 is 12.3 Å². The first-order valence-corrected chi connectivity index (χ1v) is 15.3. The number of thioether (sulfide) groups is 1. The Balaban J connectivity index is 1.31. The molecule has 1 amide bonds. The van der Waals surface area contributed by atoms with Gasteiger partial charge in [-0.2, -0.15) is 0 Å². The Morgan fingerprint density at radius 1 is 0.955 bits per heavy atom. The van der Waals surface area contributed by atoms with Crippen LogP contribution in [-0.4, -0.2) is 54.2 Å². The topological polar surface area (TPSA) is 149 Å². The number of nitrogens with zero attached hydrogens (tertiary/aromatic N) is 4. The largest absolute Gasteiger partial charge is 0.481 e. The van der Waals surface area contributed by atoms with E-state index in [1.54, 1.807) is 11.7 Å². The zero-order chi connectivity index (χ0) is 31.1. The second-order valence-electron chi connectivity index (χ2n) is 10.7. The monoisotopic (exact) mass is 617 g/mol. The third-order valence-electron chi connectivity index (χ3n) is 7.58. The molecule has 11 nitrogen and oxygen atoms in total. The molecule has 4 unspecified atom stereocenters. The lowest BCUT2D eigenvalue weighted by Crippen LogP contribution is -2.38. The number of tetrazole rings is 1. The number of rotatable bonds is 12. The molecule has 4 aromatic rings. The Labute approximate surface area is 259 Å². The smallest absolute Gasteiger partial charge is 0.303 e. The SMILES string of the molecule is CC1C(CSc2nnnn2C)OC(c2ccc(-c3cccc(CNC(=O)CCC(=O)O)c3)cc2)OC1c1ccc(CO)cc1. The summed E-state index contributed by atoms with van der Waals surface area (Å²) in [4.78, 5) is 22.7. The number of ether oxygens (including phenoxy) is 2. The second kappa shape index (κ2) is 14.6. The number of amides is 1. The maximum absolute atomic E-state index is 11.9. The van der Waals surface area contributed by atoms with E-state index in [1.165, 1.54) is 11.8 Å². The second-order valence-corrected chi connectivity index (χ2v) is 11.7. The summed E-state index contributed by atoms with van der Waals surface area (Å²) in [5.74, 6) is -0.619. The van der Waals surface area contributed by atoms with Crippen LogP contribution in [0.1, 0.15) is 54.4 Å². The van der Waals surface area contributed by atoms with E-state index in [2.05, 4.69) is 27.8 Å². The summed E-state index contributed by atoms with van der Waals surface area (Å²) in [7, 11) is 1.81. The number of aryl methyl sites for hydroxylation is 1. The van der Waals surface area contributed by atoms with Gasteiger partial charge in [-0.1, -0.05) is 85.4 Å². The average Bonchev–Trinajstić information content (AvgIpc) is 3.46. The molecule has 4 atom stereocenters. The molecule has 5 rings (SSSR count). The number of nitrogens with one attached hydrogen (secondary N) is 1. The van der Waals surface area contributed by atoms with Crippen LogP contribution < -0.4 is 5.32 Å². The summed E-state index contributed by atoms with van der Waals surface area (Å²) in [5, 5.41) is 33.5. The van der Waals surface area contributed by atoms with Crippen molar-refractivity contribution >= 4 is 23.6 Å². The Hall–Kier alpha value is -4.10. The summed E-state index contributed by atoms with van der Waals surface area (Å²) in [6.45, 7) is 2.41. The number of aliphatic carboxylic acids is 1. The Morgan fingerprint density at radius 3 is 2.39 bits per heavy atom. The van der Waals surface area contributed by atoms with E-state index >= 15 is 0 Å². The molecule has 12 heteroatoms. The van der Waals surface area contributed by atoms with Crippen molar-refractivity contribution in [1.82, 2.24) is 25.5 Å². The van der Waals surface area contributed by atoms with Crippen LogP contribution in [0.3, 0.4) is 0 Å². The van der Waals surface area contributed by atoms with Gasteiger partial charge in [0.1, 0.15) is 0 Å². The maximum Gasteiger partial charge on any atom is 0.303 e. The summed E-state index contributed by atoms with van der Waals surface area (Å²) < 4.78 is 14.7. The molecule has 1 aliphatic heterocycles. The van der Waals surface area contributed by atoms with E-state index in [1.807, 2.05) is 72.8 Å². The lowest BCUT2D eigenvalue weighted by Gasteiger charge is -2.41. The normalized spacial score (nSPS) is 19.9. The van der Waals surface area contributed by atoms with Gasteiger partial charge >= 0.3 is 5.97 Å². The van der Waals surface area contributed by atoms with Crippen LogP contribution >= 0.6 is 11.8 Å². The molecule has 3 aromatic carbocycles. The number of aromatic nitrogens is 4. The van der Waals surface area contributed by atoms with Gasteiger partial charge in [0.25, 0.3) is 0 Å². The van der Waals surface area contributed by atoms with E-state index in [9.17, 15) is 14.7 Å². The third kappa shape index (κ3) is 7.88. The van der Waals surface area contributed by atoms with Gasteiger partial charge in [0.05, 0.1) is 25.2 Å². The zero-order valence-corrected chi connectivity index (χ0v) is 25.3. The number of benzene rings is 3. The molecule has 1 saturated heterocycles. The number of carbonyl (C=O) groups excluding carboxylic acids is 1. The fraction of sp³-hybridized carbons (Fsp3) is 0.344. The minimum atomic E-state index is -0.995. The van der Waals surface area contributed by atoms with Crippen LogP contribution in [0.5, 0.6) is 0 Å². The molecule has 2 heterocycles. The van der Waals surface area contributed by atoms with E-state index in [0.717, 1.165) is 33.4 Å². The summed E-state index contributed by atoms with van der Waals surface area (Å²) >= 11 is 1.54. The van der Waals surface area contributed by atoms with Gasteiger partial charge < -0.3 is 25.0 Å². The van der Waals surface area contributed by atoms with Crippen molar-refractivity contribution in [3.63, 3.8) is 0 Å². The Morgan fingerprint density at radius 2 is 1.70 bits per heavy atom. The molecule has 44 heavy (non-hydrogen) atoms. The van der Waals surface area contributed by atoms with Crippen LogP contribution in [0, 0.1) is 5.92 Å². The average molecular weight is 618 g/mol. The van der Waals surface area contributed by atoms with Crippen LogP contribution in [0.2, 0.25) is 0 Å². The Bertz CT molecular complexity index is 1560. The van der Waals surface area contributed by atoms with Crippen molar-refractivity contribution in [2.75, 3.05) is 5.75 Å². The van der Waals surface area contributed by atoms with E-state index in [-0.39, 0.29) is 43.5 Å². The quantitative estimate of drug-likeness (QED) is 0.195. The predicted molar refractivity (Wildman–Crippen MR) is 163 cm³/mol. The first-order valence-electron chi connectivity index (χ1n) is 14.3. The molecule has 1 aromatic heterocycles. The highest BCUT2D eigenvalue weighted by Gasteiger charge is 2.38. The van der Waals surface area contributed by atoms with Crippen molar-refractivity contribution < 1.29 is 29.3 Å². The summed E-state index contributed by atoms with van der Waals surface area (Å²) in [6.07, 6.45) is -1.22. The van der Waals surface area contributed by atoms with Gasteiger partial charge in [0.2, 0.25) is 11.1 Å². The molecule has 1 fully saturated rings. The first kappa shape index (κ1) is 31.3. The lowest BCUT2D eigenvalue weighted by molar-refractivity contribution is -0.268. The van der Waals surface area contributed by atoms with Crippen molar-refractivity contribution in [1.29, 1.82) is 0 Å². The molecule has 1 aliphatic rings. The van der Waals surface area contributed by atoms with Gasteiger partial charge in [-0.3, -0.25) is 9.59 Å². The van der Waals surface area contributed by atoms with Crippen LogP contribution in [0.4, 0.5) is 0 Å². The number of aliphatic hydroxyl groups is 1. The summed E-state index contributed by atoms with van der Waals surface area (Å²) in [5.41, 5.74) is 5.64. The van der Waals surface area contributed by atoms with Crippen molar-refractivity contribution in [2.45, 2.75) is 56.6 Å². The molecule has 0 aliphatic carbocycles. The van der Waals surface area contributed by atoms with Crippen molar-refractivity contribution in [3.05, 3.63) is 95.1 Å². The number of hydrogen-bond donors (Lipinski definition) is 3. The van der Waals surface area contributed by atoms with Gasteiger partial charge in [0, 0.05) is 37.2 Å². The van der Waals surface area contributed by atoms with Gasteiger partial charge in [-0.15, -0.1) is 5.10 Å². The number of hydrogen-bond acceptors (Lipinski definition) is 9. The number of carbonyl (C=O) groups is 2. The minimum Gasteiger partial charge on any atom is -0.481 e. The van der Waals surface area contributed by atoms with Crippen LogP contribution in [0.25, 0.3) is 11.1 Å². The number of carboxylic acids is 1. The lowest BCUT2D eigenvalue weighted by atomic mass is 9.91. The molecule has 0 bridgehead atoms. The predicted octanol–water partition coefficient (Wildman–Crippen LogP) is 4.43. The fourth-order valence-corrected chi connectivity index (χ4v) is 6.03. The molecular weight excluding hydrogens is 582 g/mol.